The van der Waals surface area contributed by atoms with Crippen LogP contribution in [0.5, 0.6) is 0 Å². The molecule has 1 aromatic carbocycles. The van der Waals surface area contributed by atoms with Crippen LogP contribution >= 0.6 is 0 Å². The van der Waals surface area contributed by atoms with Crippen LogP contribution in [0.15, 0.2) is 70.0 Å². The third-order valence-corrected chi connectivity index (χ3v) is 6.12. The van der Waals surface area contributed by atoms with Gasteiger partial charge in [0.15, 0.2) is 5.69 Å². The predicted molar refractivity (Wildman–Crippen MR) is 137 cm³/mol. The Balaban J connectivity index is 1.70. The molecule has 0 unspecified atom stereocenters. The van der Waals surface area contributed by atoms with E-state index in [9.17, 15) is 14.4 Å². The zero-order chi connectivity index (χ0) is 24.8. The molecular formula is C26H30N6O3. The molecule has 3 aromatic rings. The van der Waals surface area contributed by atoms with Crippen molar-refractivity contribution >= 4 is 23.5 Å². The average molecular weight is 475 g/mol. The van der Waals surface area contributed by atoms with Crippen molar-refractivity contribution in [1.82, 2.24) is 19.3 Å². The van der Waals surface area contributed by atoms with E-state index in [0.29, 0.717) is 6.42 Å². The Hall–Kier alpha value is -4.14. The number of H-pyrrole nitrogens is 1. The lowest BCUT2D eigenvalue weighted by Crippen LogP contribution is -2.41. The summed E-state index contributed by atoms with van der Waals surface area (Å²) in [5.41, 5.74) is 7.94. The van der Waals surface area contributed by atoms with Gasteiger partial charge in [-0.05, 0) is 43.7 Å². The summed E-state index contributed by atoms with van der Waals surface area (Å²) >= 11 is 0. The lowest BCUT2D eigenvalue weighted by molar-refractivity contribution is -0.114. The molecule has 35 heavy (non-hydrogen) atoms. The van der Waals surface area contributed by atoms with Gasteiger partial charge in [-0.3, -0.25) is 23.8 Å². The number of nitrogens with zero attached hydrogens (tertiary/aromatic N) is 4. The lowest BCUT2D eigenvalue weighted by atomic mass is 9.97. The van der Waals surface area contributed by atoms with E-state index in [2.05, 4.69) is 16.2 Å². The largest absolute Gasteiger partial charge is 0.383 e. The number of benzene rings is 1. The second-order valence-corrected chi connectivity index (χ2v) is 8.69. The van der Waals surface area contributed by atoms with E-state index in [1.54, 1.807) is 30.2 Å². The first-order valence-electron chi connectivity index (χ1n) is 11.7. The molecule has 2 heterocycles. The summed E-state index contributed by atoms with van der Waals surface area (Å²) in [4.78, 5) is 42.6. The molecule has 9 heteroatoms. The van der Waals surface area contributed by atoms with Crippen LogP contribution in [-0.4, -0.2) is 31.8 Å². The fourth-order valence-corrected chi connectivity index (χ4v) is 4.26. The number of carbonyl (C=O) groups is 1. The molecule has 182 valence electrons. The molecule has 1 aliphatic carbocycles. The van der Waals surface area contributed by atoms with E-state index < -0.39 is 17.2 Å². The van der Waals surface area contributed by atoms with E-state index in [1.165, 1.54) is 21.1 Å². The number of aryl methyl sites for hydroxylation is 1. The monoisotopic (exact) mass is 474 g/mol. The van der Waals surface area contributed by atoms with Crippen LogP contribution in [0.2, 0.25) is 0 Å². The normalized spacial score (nSPS) is 13.7. The second-order valence-electron chi connectivity index (χ2n) is 8.69. The SMILES string of the molecule is Cn1cc(/C=C/C(=O)N(CCC2=CCCCC2)c2c(N)n(Cc3ccccc3)c(=O)[nH]c2=O)cn1. The predicted octanol–water partition coefficient (Wildman–Crippen LogP) is 2.84. The summed E-state index contributed by atoms with van der Waals surface area (Å²) in [5, 5.41) is 4.10. The molecule has 0 bridgehead atoms. The van der Waals surface area contributed by atoms with Gasteiger partial charge in [-0.15, -0.1) is 0 Å². The standard InChI is InChI=1S/C26H30N6O3/c1-30-17-21(16-28-30)12-13-22(33)31(15-14-19-8-4-2-5-9-19)23-24(27)32(26(35)29-25(23)34)18-20-10-6-3-7-11-20/h3,6-8,10-13,16-17H,2,4-5,9,14-15,18,27H2,1H3,(H,29,34,35)/b13-12+. The molecule has 0 atom stereocenters. The number of hydrogen-bond acceptors (Lipinski definition) is 5. The van der Waals surface area contributed by atoms with Crippen molar-refractivity contribution < 1.29 is 4.79 Å². The summed E-state index contributed by atoms with van der Waals surface area (Å²) in [5.74, 6) is -0.435. The third-order valence-electron chi connectivity index (χ3n) is 6.12. The summed E-state index contributed by atoms with van der Waals surface area (Å²) in [6.45, 7) is 0.451. The van der Waals surface area contributed by atoms with Gasteiger partial charge in [-0.2, -0.15) is 5.10 Å². The molecule has 0 aliphatic heterocycles. The lowest BCUT2D eigenvalue weighted by Gasteiger charge is -2.24. The Bertz CT molecular complexity index is 1360. The first-order valence-corrected chi connectivity index (χ1v) is 11.7. The van der Waals surface area contributed by atoms with Crippen LogP contribution in [0, 0.1) is 0 Å². The zero-order valence-corrected chi connectivity index (χ0v) is 19.8. The highest BCUT2D eigenvalue weighted by Crippen LogP contribution is 2.24. The number of rotatable bonds is 8. The Morgan fingerprint density at radius 1 is 1.23 bits per heavy atom. The van der Waals surface area contributed by atoms with E-state index in [-0.39, 0.29) is 24.6 Å². The van der Waals surface area contributed by atoms with Crippen molar-refractivity contribution in [2.75, 3.05) is 17.2 Å². The maximum Gasteiger partial charge on any atom is 0.330 e. The Morgan fingerprint density at radius 3 is 2.71 bits per heavy atom. The third kappa shape index (κ3) is 5.87. The number of nitrogen functional groups attached to an aromatic ring is 1. The van der Waals surface area contributed by atoms with Gasteiger partial charge >= 0.3 is 5.69 Å². The van der Waals surface area contributed by atoms with E-state index in [4.69, 9.17) is 5.73 Å². The minimum Gasteiger partial charge on any atom is -0.383 e. The van der Waals surface area contributed by atoms with Gasteiger partial charge in [0.1, 0.15) is 5.82 Å². The average Bonchev–Trinajstić information content (AvgIpc) is 3.28. The summed E-state index contributed by atoms with van der Waals surface area (Å²) < 4.78 is 2.93. The number of amides is 1. The van der Waals surface area contributed by atoms with E-state index in [0.717, 1.165) is 36.8 Å². The number of hydrogen-bond donors (Lipinski definition) is 2. The topological polar surface area (TPSA) is 119 Å². The molecule has 0 saturated heterocycles. The fourth-order valence-electron chi connectivity index (χ4n) is 4.26. The number of allylic oxidation sites excluding steroid dienone is 1. The van der Waals surface area contributed by atoms with Gasteiger partial charge in [-0.1, -0.05) is 42.0 Å². The number of aromatic nitrogens is 4. The number of anilines is 2. The quantitative estimate of drug-likeness (QED) is 0.384. The molecule has 1 amide bonds. The van der Waals surface area contributed by atoms with Gasteiger partial charge < -0.3 is 10.6 Å². The number of nitrogens with one attached hydrogen (secondary N) is 1. The Morgan fingerprint density at radius 2 is 2.03 bits per heavy atom. The highest BCUT2D eigenvalue weighted by molar-refractivity contribution is 6.05. The molecule has 1 aliphatic rings. The van der Waals surface area contributed by atoms with Gasteiger partial charge in [0.25, 0.3) is 11.5 Å². The number of aromatic amines is 1. The molecule has 0 spiro atoms. The minimum atomic E-state index is -0.683. The summed E-state index contributed by atoms with van der Waals surface area (Å²) in [6.07, 6.45) is 13.6. The Kier molecular flexibility index (Phi) is 7.45. The van der Waals surface area contributed by atoms with Crippen molar-refractivity contribution in [3.05, 3.63) is 92.4 Å². The second kappa shape index (κ2) is 10.9. The van der Waals surface area contributed by atoms with E-state index in [1.807, 2.05) is 30.3 Å². The first-order chi connectivity index (χ1) is 16.9. The van der Waals surface area contributed by atoms with Crippen LogP contribution in [0.25, 0.3) is 6.08 Å². The van der Waals surface area contributed by atoms with Gasteiger partial charge in [-0.25, -0.2) is 4.79 Å². The maximum absolute atomic E-state index is 13.4. The van der Waals surface area contributed by atoms with Gasteiger partial charge in [0.05, 0.1) is 12.7 Å². The smallest absolute Gasteiger partial charge is 0.330 e. The molecule has 0 saturated carbocycles. The van der Waals surface area contributed by atoms with Crippen LogP contribution in [0.3, 0.4) is 0 Å². The van der Waals surface area contributed by atoms with Crippen molar-refractivity contribution in [1.29, 1.82) is 0 Å². The summed E-state index contributed by atoms with van der Waals surface area (Å²) in [7, 11) is 1.79. The molecule has 0 fully saturated rings. The molecule has 4 rings (SSSR count). The van der Waals surface area contributed by atoms with E-state index >= 15 is 0 Å². The minimum absolute atomic E-state index is 0.0159. The molecule has 0 radical (unpaired) electrons. The van der Waals surface area contributed by atoms with Gasteiger partial charge in [0, 0.05) is 31.4 Å². The fraction of sp³-hybridized carbons (Fsp3) is 0.308. The van der Waals surface area contributed by atoms with Crippen LogP contribution in [0.1, 0.15) is 43.2 Å². The van der Waals surface area contributed by atoms with Crippen molar-refractivity contribution in [3.8, 4) is 0 Å². The highest BCUT2D eigenvalue weighted by atomic mass is 16.2. The zero-order valence-electron chi connectivity index (χ0n) is 19.8. The Labute approximate surface area is 203 Å². The molecule has 9 nitrogen and oxygen atoms in total. The molecule has 3 N–H and O–H groups in total. The van der Waals surface area contributed by atoms with Crippen molar-refractivity contribution in [2.45, 2.75) is 38.6 Å². The molecular weight excluding hydrogens is 444 g/mol. The van der Waals surface area contributed by atoms with Gasteiger partial charge in [0.2, 0.25) is 0 Å². The van der Waals surface area contributed by atoms with Crippen LogP contribution in [0.4, 0.5) is 11.5 Å². The van der Waals surface area contributed by atoms with Crippen molar-refractivity contribution in [3.63, 3.8) is 0 Å². The number of carbonyl (C=O) groups excluding carboxylic acids is 1. The molecule has 2 aromatic heterocycles. The van der Waals surface area contributed by atoms with Crippen LogP contribution < -0.4 is 21.9 Å². The maximum atomic E-state index is 13.4. The van der Waals surface area contributed by atoms with Crippen LogP contribution in [-0.2, 0) is 18.4 Å². The summed E-state index contributed by atoms with van der Waals surface area (Å²) in [6, 6.07) is 9.33. The number of nitrogens with two attached hydrogens (primary N) is 1. The first kappa shape index (κ1) is 24.0. The van der Waals surface area contributed by atoms with Crippen molar-refractivity contribution in [2.24, 2.45) is 7.05 Å². The highest BCUT2D eigenvalue weighted by Gasteiger charge is 2.23.